The zero-order valence-electron chi connectivity index (χ0n) is 17.5. The highest BCUT2D eigenvalue weighted by atomic mass is 19.2. The Morgan fingerprint density at radius 3 is 2.47 bits per heavy atom. The van der Waals surface area contributed by atoms with Gasteiger partial charge in [-0.15, -0.1) is 0 Å². The van der Waals surface area contributed by atoms with E-state index in [4.69, 9.17) is 0 Å². The molecule has 160 valence electrons. The van der Waals surface area contributed by atoms with E-state index in [1.165, 1.54) is 6.33 Å². The third-order valence-electron chi connectivity index (χ3n) is 5.58. The van der Waals surface area contributed by atoms with Crippen molar-refractivity contribution in [1.29, 1.82) is 0 Å². The first-order valence-electron chi connectivity index (χ1n) is 10.0. The molecule has 6 nitrogen and oxygen atoms in total. The average molecular weight is 418 g/mol. The van der Waals surface area contributed by atoms with Crippen LogP contribution >= 0.6 is 0 Å². The maximum Gasteiger partial charge on any atom is 0.194 e. The van der Waals surface area contributed by atoms with Crippen LogP contribution in [0.3, 0.4) is 0 Å². The van der Waals surface area contributed by atoms with Crippen LogP contribution < -0.4 is 5.32 Å². The standard InChI is InChI=1S/C21H25F3N6/c1-5-29-7-6-16(18(29)12-8-14(22)17(24)15(23)9-12)28-19-13-10-27-30(21(2,3)4)20(13)26-11-25-19/h8-11,16,18H,5-7H2,1-4H3,(H,25,26,28). The minimum Gasteiger partial charge on any atom is -0.365 e. The molecule has 2 atom stereocenters. The Morgan fingerprint density at radius 1 is 1.13 bits per heavy atom. The summed E-state index contributed by atoms with van der Waals surface area (Å²) in [7, 11) is 0. The smallest absolute Gasteiger partial charge is 0.194 e. The lowest BCUT2D eigenvalue weighted by atomic mass is 9.99. The number of hydrogen-bond donors (Lipinski definition) is 1. The number of aromatic nitrogens is 4. The van der Waals surface area contributed by atoms with Crippen LogP contribution in [0.5, 0.6) is 0 Å². The van der Waals surface area contributed by atoms with Crippen molar-refractivity contribution in [3.05, 3.63) is 47.7 Å². The van der Waals surface area contributed by atoms with Gasteiger partial charge in [0.1, 0.15) is 12.1 Å². The lowest BCUT2D eigenvalue weighted by Gasteiger charge is -2.28. The molecule has 9 heteroatoms. The SMILES string of the molecule is CCN1CCC(Nc2ncnc3c2cnn3C(C)(C)C)C1c1cc(F)c(F)c(F)c1. The molecular formula is C21H25F3N6. The molecule has 1 fully saturated rings. The van der Waals surface area contributed by atoms with Crippen LogP contribution in [0.2, 0.25) is 0 Å². The van der Waals surface area contributed by atoms with E-state index in [-0.39, 0.29) is 17.6 Å². The number of likely N-dealkylation sites (N-methyl/N-ethyl adjacent to an activating group) is 1. The van der Waals surface area contributed by atoms with Gasteiger partial charge in [-0.05, 0) is 51.4 Å². The Balaban J connectivity index is 1.71. The number of nitrogens with zero attached hydrogens (tertiary/aromatic N) is 5. The van der Waals surface area contributed by atoms with Crippen LogP contribution in [0.1, 0.15) is 45.7 Å². The summed E-state index contributed by atoms with van der Waals surface area (Å²) >= 11 is 0. The Labute approximate surface area is 173 Å². The minimum atomic E-state index is -1.45. The van der Waals surface area contributed by atoms with Crippen LogP contribution in [0, 0.1) is 17.5 Å². The normalized spacial score (nSPS) is 20.2. The van der Waals surface area contributed by atoms with Crippen molar-refractivity contribution >= 4 is 16.9 Å². The molecule has 30 heavy (non-hydrogen) atoms. The maximum absolute atomic E-state index is 13.9. The van der Waals surface area contributed by atoms with E-state index in [1.807, 2.05) is 32.4 Å². The number of rotatable bonds is 4. The van der Waals surface area contributed by atoms with E-state index in [0.29, 0.717) is 23.6 Å². The van der Waals surface area contributed by atoms with Gasteiger partial charge in [0.2, 0.25) is 0 Å². The molecule has 1 aliphatic rings. The van der Waals surface area contributed by atoms with Crippen molar-refractivity contribution in [2.45, 2.75) is 51.7 Å². The molecule has 0 bridgehead atoms. The molecule has 1 saturated heterocycles. The van der Waals surface area contributed by atoms with Gasteiger partial charge in [0.05, 0.1) is 23.2 Å². The number of benzene rings is 1. The molecule has 4 rings (SSSR count). The number of halogens is 3. The van der Waals surface area contributed by atoms with Crippen LogP contribution in [0.25, 0.3) is 11.0 Å². The first kappa shape index (κ1) is 20.6. The van der Waals surface area contributed by atoms with Gasteiger partial charge in [-0.25, -0.2) is 27.8 Å². The zero-order chi connectivity index (χ0) is 21.6. The fourth-order valence-electron chi connectivity index (χ4n) is 4.18. The first-order valence-corrected chi connectivity index (χ1v) is 10.0. The predicted molar refractivity (Wildman–Crippen MR) is 109 cm³/mol. The van der Waals surface area contributed by atoms with Gasteiger partial charge in [0, 0.05) is 12.6 Å². The third kappa shape index (κ3) is 3.51. The Kier molecular flexibility index (Phi) is 5.17. The maximum atomic E-state index is 13.9. The van der Waals surface area contributed by atoms with Crippen LogP contribution in [-0.2, 0) is 5.54 Å². The lowest BCUT2D eigenvalue weighted by Crippen LogP contribution is -2.32. The third-order valence-corrected chi connectivity index (χ3v) is 5.58. The predicted octanol–water partition coefficient (Wildman–Crippen LogP) is 4.25. The summed E-state index contributed by atoms with van der Waals surface area (Å²) in [6, 6.07) is 1.69. The fraction of sp³-hybridized carbons (Fsp3) is 0.476. The molecule has 0 aliphatic carbocycles. The van der Waals surface area contributed by atoms with Gasteiger partial charge in [-0.3, -0.25) is 4.90 Å². The molecule has 2 aromatic heterocycles. The summed E-state index contributed by atoms with van der Waals surface area (Å²) in [4.78, 5) is 10.9. The summed E-state index contributed by atoms with van der Waals surface area (Å²) in [6.45, 7) is 9.55. The summed E-state index contributed by atoms with van der Waals surface area (Å²) in [6.07, 6.45) is 3.95. The largest absolute Gasteiger partial charge is 0.365 e. The Hall–Kier alpha value is -2.68. The quantitative estimate of drug-likeness (QED) is 0.642. The van der Waals surface area contributed by atoms with E-state index < -0.39 is 17.5 Å². The van der Waals surface area contributed by atoms with Crippen molar-refractivity contribution in [3.63, 3.8) is 0 Å². The van der Waals surface area contributed by atoms with Gasteiger partial charge in [0.25, 0.3) is 0 Å². The summed E-state index contributed by atoms with van der Waals surface area (Å²) in [5, 5.41) is 8.67. The number of nitrogens with one attached hydrogen (secondary N) is 1. The molecule has 1 aromatic carbocycles. The van der Waals surface area contributed by atoms with Crippen molar-refractivity contribution in [2.75, 3.05) is 18.4 Å². The summed E-state index contributed by atoms with van der Waals surface area (Å²) < 4.78 is 43.2. The van der Waals surface area contributed by atoms with Crippen LogP contribution in [0.4, 0.5) is 19.0 Å². The van der Waals surface area contributed by atoms with Gasteiger partial charge in [0.15, 0.2) is 23.1 Å². The Morgan fingerprint density at radius 2 is 1.83 bits per heavy atom. The van der Waals surface area contributed by atoms with Crippen LogP contribution in [0.15, 0.2) is 24.7 Å². The molecular weight excluding hydrogens is 393 g/mol. The number of anilines is 1. The number of hydrogen-bond acceptors (Lipinski definition) is 5. The highest BCUT2D eigenvalue weighted by Crippen LogP contribution is 2.36. The van der Waals surface area contributed by atoms with E-state index in [2.05, 4.69) is 25.3 Å². The summed E-state index contributed by atoms with van der Waals surface area (Å²) in [5.74, 6) is -3.19. The van der Waals surface area contributed by atoms with Crippen molar-refractivity contribution in [1.82, 2.24) is 24.6 Å². The number of fused-ring (bicyclic) bond motifs is 1. The monoisotopic (exact) mass is 418 g/mol. The molecule has 3 heterocycles. The lowest BCUT2D eigenvalue weighted by molar-refractivity contribution is 0.263. The molecule has 3 aromatic rings. The summed E-state index contributed by atoms with van der Waals surface area (Å²) in [5.41, 5.74) is 0.866. The zero-order valence-corrected chi connectivity index (χ0v) is 17.5. The second kappa shape index (κ2) is 7.54. The van der Waals surface area contributed by atoms with Gasteiger partial charge < -0.3 is 5.32 Å². The van der Waals surface area contributed by atoms with Gasteiger partial charge >= 0.3 is 0 Å². The highest BCUT2D eigenvalue weighted by Gasteiger charge is 2.36. The molecule has 1 aliphatic heterocycles. The molecule has 0 amide bonds. The van der Waals surface area contributed by atoms with Crippen molar-refractivity contribution < 1.29 is 13.2 Å². The molecule has 1 N–H and O–H groups in total. The minimum absolute atomic E-state index is 0.162. The second-order valence-corrected chi connectivity index (χ2v) is 8.60. The van der Waals surface area contributed by atoms with Gasteiger partial charge in [-0.2, -0.15) is 5.10 Å². The topological polar surface area (TPSA) is 58.9 Å². The second-order valence-electron chi connectivity index (χ2n) is 8.60. The van der Waals surface area contributed by atoms with Crippen molar-refractivity contribution in [3.8, 4) is 0 Å². The average Bonchev–Trinajstić information content (AvgIpc) is 3.30. The van der Waals surface area contributed by atoms with Crippen molar-refractivity contribution in [2.24, 2.45) is 0 Å². The van der Waals surface area contributed by atoms with E-state index in [0.717, 1.165) is 30.5 Å². The van der Waals surface area contributed by atoms with Gasteiger partial charge in [-0.1, -0.05) is 6.92 Å². The van der Waals surface area contributed by atoms with E-state index in [9.17, 15) is 13.2 Å². The van der Waals surface area contributed by atoms with Crippen LogP contribution in [-0.4, -0.2) is 43.8 Å². The fourth-order valence-corrected chi connectivity index (χ4v) is 4.18. The van der Waals surface area contributed by atoms with E-state index >= 15 is 0 Å². The molecule has 2 unspecified atom stereocenters. The van der Waals surface area contributed by atoms with E-state index in [1.54, 1.807) is 6.20 Å². The Bertz CT molecular complexity index is 1050. The highest BCUT2D eigenvalue weighted by molar-refractivity contribution is 5.86. The number of likely N-dealkylation sites (tertiary alicyclic amines) is 1. The molecule has 0 spiro atoms. The molecule has 0 radical (unpaired) electrons. The first-order chi connectivity index (χ1) is 14.2. The molecule has 0 saturated carbocycles.